The zero-order valence-electron chi connectivity index (χ0n) is 19.5. The molecular weight excluding hydrogens is 496 g/mol. The highest BCUT2D eigenvalue weighted by atomic mass is 32.2. The zero-order chi connectivity index (χ0) is 25.3. The van der Waals surface area contributed by atoms with Crippen molar-refractivity contribution in [1.29, 1.82) is 0 Å². The molecule has 186 valence electrons. The number of carbonyl (C=O) groups is 1. The van der Waals surface area contributed by atoms with Crippen molar-refractivity contribution in [3.05, 3.63) is 82.5 Å². The highest BCUT2D eigenvalue weighted by Crippen LogP contribution is 2.40. The van der Waals surface area contributed by atoms with Crippen LogP contribution >= 0.6 is 11.3 Å². The fraction of sp³-hybridized carbons (Fsp3) is 0.269. The molecule has 0 aliphatic heterocycles. The lowest BCUT2D eigenvalue weighted by atomic mass is 9.83. The minimum absolute atomic E-state index is 0.0103. The summed E-state index contributed by atoms with van der Waals surface area (Å²) in [6, 6.07) is 16.5. The van der Waals surface area contributed by atoms with E-state index in [1.807, 2.05) is 30.3 Å². The Morgan fingerprint density at radius 1 is 1.06 bits per heavy atom. The predicted molar refractivity (Wildman–Crippen MR) is 138 cm³/mol. The Labute approximate surface area is 213 Å². The SMILES string of the molecule is NS(=O)(=O)c1ccc(Cc2c(C3CCCCC3)nn(-c3nc(C(=O)O)cs3)c2-c2ccccc2)cc1. The molecule has 8 nitrogen and oxygen atoms in total. The molecule has 1 aliphatic carbocycles. The average Bonchev–Trinajstić information content (AvgIpc) is 3.51. The molecule has 0 atom stereocenters. The van der Waals surface area contributed by atoms with Crippen LogP contribution in [0.2, 0.25) is 0 Å². The Morgan fingerprint density at radius 2 is 1.75 bits per heavy atom. The molecule has 1 fully saturated rings. The van der Waals surface area contributed by atoms with Crippen LogP contribution in [0, 0.1) is 0 Å². The molecule has 0 spiro atoms. The topological polar surface area (TPSA) is 128 Å². The standard InChI is InChI=1S/C26H26N4O4S2/c27-36(33,34)20-13-11-17(12-14-20)15-21-23(18-7-3-1-4-8-18)29-30(24(21)19-9-5-2-6-10-19)26-28-22(16-35-26)25(31)32/h2,5-6,9-14,16,18H,1,3-4,7-8,15H2,(H,31,32)(H2,27,33,34). The molecule has 10 heteroatoms. The zero-order valence-corrected chi connectivity index (χ0v) is 21.1. The summed E-state index contributed by atoms with van der Waals surface area (Å²) < 4.78 is 25.2. The number of primary sulfonamides is 1. The molecule has 0 bridgehead atoms. The summed E-state index contributed by atoms with van der Waals surface area (Å²) >= 11 is 1.25. The monoisotopic (exact) mass is 522 g/mol. The van der Waals surface area contributed by atoms with Crippen LogP contribution < -0.4 is 5.14 Å². The summed E-state index contributed by atoms with van der Waals surface area (Å²) in [5.41, 5.74) is 4.79. The van der Waals surface area contributed by atoms with E-state index in [1.165, 1.54) is 35.3 Å². The molecule has 0 amide bonds. The molecule has 2 aromatic heterocycles. The van der Waals surface area contributed by atoms with E-state index < -0.39 is 16.0 Å². The van der Waals surface area contributed by atoms with Gasteiger partial charge in [0.25, 0.3) is 0 Å². The summed E-state index contributed by atoms with van der Waals surface area (Å²) in [6.45, 7) is 0. The molecule has 36 heavy (non-hydrogen) atoms. The second kappa shape index (κ2) is 9.96. The van der Waals surface area contributed by atoms with E-state index in [0.717, 1.165) is 53.8 Å². The minimum Gasteiger partial charge on any atom is -0.476 e. The second-order valence-electron chi connectivity index (χ2n) is 9.01. The largest absolute Gasteiger partial charge is 0.476 e. The first kappa shape index (κ1) is 24.4. The molecule has 0 radical (unpaired) electrons. The Morgan fingerprint density at radius 3 is 2.36 bits per heavy atom. The van der Waals surface area contributed by atoms with Crippen LogP contribution in [0.15, 0.2) is 64.9 Å². The maximum atomic E-state index is 11.7. The van der Waals surface area contributed by atoms with E-state index in [-0.39, 0.29) is 10.6 Å². The van der Waals surface area contributed by atoms with Gasteiger partial charge in [-0.3, -0.25) is 0 Å². The Balaban J connectivity index is 1.68. The van der Waals surface area contributed by atoms with Gasteiger partial charge in [0, 0.05) is 28.8 Å². The Bertz CT molecular complexity index is 1490. The number of rotatable bonds is 7. The minimum atomic E-state index is -3.78. The van der Waals surface area contributed by atoms with Gasteiger partial charge in [0.2, 0.25) is 15.2 Å². The van der Waals surface area contributed by atoms with Gasteiger partial charge < -0.3 is 5.11 Å². The van der Waals surface area contributed by atoms with Gasteiger partial charge in [0.05, 0.1) is 16.3 Å². The van der Waals surface area contributed by atoms with Crippen LogP contribution in [0.1, 0.15) is 65.3 Å². The highest BCUT2D eigenvalue weighted by molar-refractivity contribution is 7.89. The van der Waals surface area contributed by atoms with E-state index in [2.05, 4.69) is 4.98 Å². The van der Waals surface area contributed by atoms with Gasteiger partial charge in [-0.15, -0.1) is 11.3 Å². The number of nitrogens with two attached hydrogens (primary N) is 1. The van der Waals surface area contributed by atoms with Crippen molar-refractivity contribution in [2.45, 2.75) is 49.3 Å². The quantitative estimate of drug-likeness (QED) is 0.352. The number of carboxylic acid groups (broad SMARTS) is 1. The van der Waals surface area contributed by atoms with Gasteiger partial charge in [-0.05, 0) is 30.5 Å². The first-order valence-corrected chi connectivity index (χ1v) is 14.2. The molecule has 3 N–H and O–H groups in total. The fourth-order valence-electron chi connectivity index (χ4n) is 4.84. The van der Waals surface area contributed by atoms with Crippen molar-refractivity contribution in [3.8, 4) is 16.4 Å². The molecule has 2 aromatic carbocycles. The van der Waals surface area contributed by atoms with Crippen molar-refractivity contribution in [3.63, 3.8) is 0 Å². The molecule has 1 aliphatic rings. The molecule has 1 saturated carbocycles. The van der Waals surface area contributed by atoms with Gasteiger partial charge >= 0.3 is 5.97 Å². The van der Waals surface area contributed by atoms with Crippen LogP contribution in [0.3, 0.4) is 0 Å². The van der Waals surface area contributed by atoms with Crippen LogP contribution in [0.4, 0.5) is 0 Å². The van der Waals surface area contributed by atoms with Crippen molar-refractivity contribution in [1.82, 2.24) is 14.8 Å². The first-order chi connectivity index (χ1) is 17.3. The number of carboxylic acids is 1. The molecule has 5 rings (SSSR count). The highest BCUT2D eigenvalue weighted by Gasteiger charge is 2.28. The summed E-state index contributed by atoms with van der Waals surface area (Å²) in [5.74, 6) is -0.784. The van der Waals surface area contributed by atoms with Gasteiger partial charge in [-0.1, -0.05) is 61.7 Å². The lowest BCUT2D eigenvalue weighted by Crippen LogP contribution is -2.12. The summed E-state index contributed by atoms with van der Waals surface area (Å²) in [4.78, 5) is 15.9. The predicted octanol–water partition coefficient (Wildman–Crippen LogP) is 4.98. The number of sulfonamides is 1. The smallest absolute Gasteiger partial charge is 0.355 e. The van der Waals surface area contributed by atoms with Crippen LogP contribution in [-0.2, 0) is 16.4 Å². The number of aromatic carboxylic acids is 1. The fourth-order valence-corrected chi connectivity index (χ4v) is 6.11. The number of hydrogen-bond donors (Lipinski definition) is 2. The van der Waals surface area contributed by atoms with E-state index in [4.69, 9.17) is 10.2 Å². The number of benzene rings is 2. The lowest BCUT2D eigenvalue weighted by Gasteiger charge is -2.21. The van der Waals surface area contributed by atoms with Crippen LogP contribution in [0.25, 0.3) is 16.4 Å². The van der Waals surface area contributed by atoms with Crippen molar-refractivity contribution >= 4 is 27.3 Å². The van der Waals surface area contributed by atoms with E-state index in [0.29, 0.717) is 17.5 Å². The van der Waals surface area contributed by atoms with Crippen molar-refractivity contribution in [2.75, 3.05) is 0 Å². The average molecular weight is 523 g/mol. The normalized spacial score (nSPS) is 14.7. The molecular formula is C26H26N4O4S2. The molecule has 0 saturated heterocycles. The van der Waals surface area contributed by atoms with Crippen molar-refractivity contribution < 1.29 is 18.3 Å². The van der Waals surface area contributed by atoms with Gasteiger partial charge in [-0.25, -0.2) is 28.0 Å². The molecule has 0 unspecified atom stereocenters. The maximum Gasteiger partial charge on any atom is 0.355 e. The first-order valence-electron chi connectivity index (χ1n) is 11.8. The van der Waals surface area contributed by atoms with Crippen LogP contribution in [0.5, 0.6) is 0 Å². The third-order valence-corrected chi connectivity index (χ3v) is 8.32. The lowest BCUT2D eigenvalue weighted by molar-refractivity contribution is 0.0691. The maximum absolute atomic E-state index is 11.7. The summed E-state index contributed by atoms with van der Waals surface area (Å²) in [5, 5.41) is 21.8. The van der Waals surface area contributed by atoms with Crippen molar-refractivity contribution in [2.24, 2.45) is 5.14 Å². The summed E-state index contributed by atoms with van der Waals surface area (Å²) in [7, 11) is -3.78. The number of hydrogen-bond acceptors (Lipinski definition) is 6. The molecule has 2 heterocycles. The third-order valence-electron chi connectivity index (χ3n) is 6.58. The number of nitrogens with zero attached hydrogens (tertiary/aromatic N) is 3. The number of thiazole rings is 1. The second-order valence-corrected chi connectivity index (χ2v) is 11.4. The van der Waals surface area contributed by atoms with E-state index >= 15 is 0 Å². The van der Waals surface area contributed by atoms with E-state index in [9.17, 15) is 18.3 Å². The third kappa shape index (κ3) is 4.97. The molecule has 4 aromatic rings. The Hall–Kier alpha value is -3.34. The van der Waals surface area contributed by atoms with E-state index in [1.54, 1.807) is 16.8 Å². The van der Waals surface area contributed by atoms with Gasteiger partial charge in [0.1, 0.15) is 0 Å². The summed E-state index contributed by atoms with van der Waals surface area (Å²) in [6.07, 6.45) is 6.11. The number of aromatic nitrogens is 3. The van der Waals surface area contributed by atoms with Gasteiger partial charge in [-0.2, -0.15) is 5.10 Å². The Kier molecular flexibility index (Phi) is 6.74. The van der Waals surface area contributed by atoms with Crippen LogP contribution in [-0.4, -0.2) is 34.3 Å². The van der Waals surface area contributed by atoms with Gasteiger partial charge in [0.15, 0.2) is 5.69 Å².